The Kier molecular flexibility index (Phi) is 6.71. The molecule has 0 unspecified atom stereocenters. The minimum Gasteiger partial charge on any atom is -0.273 e. The molecule has 0 saturated carbocycles. The number of carbonyl (C=O) groups is 2. The van der Waals surface area contributed by atoms with Crippen molar-refractivity contribution in [1.82, 2.24) is 15.2 Å². The van der Waals surface area contributed by atoms with Crippen LogP contribution in [-0.4, -0.2) is 37.6 Å². The predicted molar refractivity (Wildman–Crippen MR) is 112 cm³/mol. The lowest BCUT2D eigenvalue weighted by Gasteiger charge is -2.30. The molecule has 0 aliphatic carbocycles. The smallest absolute Gasteiger partial charge is 0.273 e. The second-order valence-electron chi connectivity index (χ2n) is 7.32. The first-order valence-corrected chi connectivity index (χ1v) is 11.8. The van der Waals surface area contributed by atoms with Crippen LogP contribution in [0.1, 0.15) is 47.8 Å². The van der Waals surface area contributed by atoms with Crippen molar-refractivity contribution in [3.8, 4) is 0 Å². The molecule has 0 atom stereocenters. The highest BCUT2D eigenvalue weighted by molar-refractivity contribution is 7.89. The fourth-order valence-corrected chi connectivity index (χ4v) is 5.31. The zero-order valence-electron chi connectivity index (χ0n) is 16.4. The largest absolute Gasteiger partial charge is 0.279 e. The van der Waals surface area contributed by atoms with E-state index in [1.807, 2.05) is 12.1 Å². The van der Waals surface area contributed by atoms with Crippen molar-refractivity contribution in [2.24, 2.45) is 5.92 Å². The first kappa shape index (κ1) is 21.5. The lowest BCUT2D eigenvalue weighted by molar-refractivity contribution is -0.126. The Bertz CT molecular complexity index is 946. The number of nitrogens with one attached hydrogen (secondary N) is 2. The van der Waals surface area contributed by atoms with Gasteiger partial charge in [0.25, 0.3) is 5.91 Å². The van der Waals surface area contributed by atoms with Crippen LogP contribution < -0.4 is 10.9 Å². The molecule has 1 saturated heterocycles. The molecule has 1 aromatic carbocycles. The van der Waals surface area contributed by atoms with E-state index >= 15 is 0 Å². The van der Waals surface area contributed by atoms with Crippen LogP contribution in [0.4, 0.5) is 0 Å². The van der Waals surface area contributed by atoms with Crippen molar-refractivity contribution in [3.05, 3.63) is 52.2 Å². The van der Waals surface area contributed by atoms with Gasteiger partial charge in [0.05, 0.1) is 9.77 Å². The van der Waals surface area contributed by atoms with E-state index in [2.05, 4.69) is 24.7 Å². The number of nitrogens with zero attached hydrogens (tertiary/aromatic N) is 1. The number of hydrazine groups is 1. The molecule has 29 heavy (non-hydrogen) atoms. The molecule has 9 heteroatoms. The summed E-state index contributed by atoms with van der Waals surface area (Å²) < 4.78 is 27.1. The highest BCUT2D eigenvalue weighted by atomic mass is 32.2. The van der Waals surface area contributed by atoms with E-state index in [-0.39, 0.29) is 35.7 Å². The molecular weight excluding hydrogens is 410 g/mol. The van der Waals surface area contributed by atoms with E-state index in [4.69, 9.17) is 0 Å². The Hall–Kier alpha value is -2.23. The van der Waals surface area contributed by atoms with Crippen LogP contribution in [-0.2, 0) is 14.8 Å². The lowest BCUT2D eigenvalue weighted by atomic mass is 9.98. The summed E-state index contributed by atoms with van der Waals surface area (Å²) in [6, 6.07) is 10.4. The standard InChI is InChI=1S/C20H25N3O4S2/c1-14(2)15-5-7-17(8-6-15)29(26,27)23-11-9-16(10-12-23)19(24)21-22-20(25)18-4-3-13-28-18/h3-8,13-14,16H,9-12H2,1-2H3,(H,21,24)(H,22,25). The highest BCUT2D eigenvalue weighted by Crippen LogP contribution is 2.25. The molecule has 0 spiro atoms. The van der Waals surface area contributed by atoms with Gasteiger partial charge in [-0.25, -0.2) is 8.42 Å². The molecule has 0 bridgehead atoms. The molecule has 1 aliphatic rings. The van der Waals surface area contributed by atoms with Gasteiger partial charge in [0.15, 0.2) is 0 Å². The average Bonchev–Trinajstić information content (AvgIpc) is 3.27. The van der Waals surface area contributed by atoms with Gasteiger partial charge >= 0.3 is 0 Å². The molecule has 156 valence electrons. The average molecular weight is 436 g/mol. The molecule has 7 nitrogen and oxygen atoms in total. The molecule has 2 aromatic rings. The number of carbonyl (C=O) groups excluding carboxylic acids is 2. The van der Waals surface area contributed by atoms with Crippen LogP contribution in [0.3, 0.4) is 0 Å². The number of amides is 2. The Morgan fingerprint density at radius 1 is 1.07 bits per heavy atom. The van der Waals surface area contributed by atoms with Crippen molar-refractivity contribution < 1.29 is 18.0 Å². The summed E-state index contributed by atoms with van der Waals surface area (Å²) in [5.74, 6) is -0.666. The van der Waals surface area contributed by atoms with Gasteiger partial charge in [-0.3, -0.25) is 20.4 Å². The summed E-state index contributed by atoms with van der Waals surface area (Å²) >= 11 is 1.28. The number of benzene rings is 1. The van der Waals surface area contributed by atoms with Gasteiger partial charge in [-0.15, -0.1) is 11.3 Å². The molecule has 2 N–H and O–H groups in total. The van der Waals surface area contributed by atoms with Gasteiger partial charge in [-0.05, 0) is 47.9 Å². The third kappa shape index (κ3) is 5.04. The van der Waals surface area contributed by atoms with Gasteiger partial charge in [-0.2, -0.15) is 4.31 Å². The van der Waals surface area contributed by atoms with Crippen LogP contribution in [0, 0.1) is 5.92 Å². The molecule has 1 fully saturated rings. The van der Waals surface area contributed by atoms with Crippen molar-refractivity contribution in [1.29, 1.82) is 0 Å². The molecular formula is C20H25N3O4S2. The van der Waals surface area contributed by atoms with E-state index in [9.17, 15) is 18.0 Å². The quantitative estimate of drug-likeness (QED) is 0.706. The van der Waals surface area contributed by atoms with Crippen LogP contribution in [0.15, 0.2) is 46.7 Å². The summed E-state index contributed by atoms with van der Waals surface area (Å²) in [4.78, 5) is 25.0. The minimum absolute atomic E-state index is 0.269. The first-order chi connectivity index (χ1) is 13.8. The Morgan fingerprint density at radius 2 is 1.72 bits per heavy atom. The third-order valence-electron chi connectivity index (χ3n) is 5.05. The third-order valence-corrected chi connectivity index (χ3v) is 7.83. The van der Waals surface area contributed by atoms with Crippen LogP contribution in [0.2, 0.25) is 0 Å². The van der Waals surface area contributed by atoms with Crippen LogP contribution in [0.25, 0.3) is 0 Å². The second-order valence-corrected chi connectivity index (χ2v) is 10.2. The van der Waals surface area contributed by atoms with Gasteiger partial charge in [0, 0.05) is 19.0 Å². The van der Waals surface area contributed by atoms with E-state index < -0.39 is 10.0 Å². The van der Waals surface area contributed by atoms with Crippen LogP contribution in [0.5, 0.6) is 0 Å². The van der Waals surface area contributed by atoms with Crippen molar-refractivity contribution >= 4 is 33.2 Å². The van der Waals surface area contributed by atoms with Crippen molar-refractivity contribution in [2.75, 3.05) is 13.1 Å². The maximum absolute atomic E-state index is 12.9. The monoisotopic (exact) mass is 435 g/mol. The minimum atomic E-state index is -3.58. The molecule has 2 heterocycles. The van der Waals surface area contributed by atoms with Gasteiger partial charge in [-0.1, -0.05) is 32.0 Å². The van der Waals surface area contributed by atoms with Crippen molar-refractivity contribution in [2.45, 2.75) is 37.5 Å². The predicted octanol–water partition coefficient (Wildman–Crippen LogP) is 2.73. The highest BCUT2D eigenvalue weighted by Gasteiger charge is 2.32. The maximum Gasteiger partial charge on any atom is 0.279 e. The second kappa shape index (κ2) is 9.06. The van der Waals surface area contributed by atoms with Crippen LogP contribution >= 0.6 is 11.3 Å². The Morgan fingerprint density at radius 3 is 2.28 bits per heavy atom. The lowest BCUT2D eigenvalue weighted by Crippen LogP contribution is -2.48. The summed E-state index contributed by atoms with van der Waals surface area (Å²) in [5.41, 5.74) is 5.93. The van der Waals surface area contributed by atoms with E-state index in [1.54, 1.807) is 29.6 Å². The normalized spacial score (nSPS) is 16.0. The van der Waals surface area contributed by atoms with E-state index in [0.717, 1.165) is 5.56 Å². The zero-order valence-corrected chi connectivity index (χ0v) is 18.1. The van der Waals surface area contributed by atoms with E-state index in [0.29, 0.717) is 23.6 Å². The Balaban J connectivity index is 1.53. The SMILES string of the molecule is CC(C)c1ccc(S(=O)(=O)N2CCC(C(=O)NNC(=O)c3cccs3)CC2)cc1. The fourth-order valence-electron chi connectivity index (χ4n) is 3.22. The molecule has 1 aliphatic heterocycles. The zero-order chi connectivity index (χ0) is 21.0. The summed E-state index contributed by atoms with van der Waals surface area (Å²) in [5, 5.41) is 1.78. The number of sulfonamides is 1. The molecule has 1 aromatic heterocycles. The summed E-state index contributed by atoms with van der Waals surface area (Å²) in [7, 11) is -3.58. The van der Waals surface area contributed by atoms with Gasteiger partial charge in [0.2, 0.25) is 15.9 Å². The van der Waals surface area contributed by atoms with Gasteiger partial charge < -0.3 is 0 Å². The van der Waals surface area contributed by atoms with E-state index in [1.165, 1.54) is 15.6 Å². The number of rotatable bonds is 5. The summed E-state index contributed by atoms with van der Waals surface area (Å²) in [6.07, 6.45) is 0.814. The first-order valence-electron chi connectivity index (χ1n) is 9.53. The number of hydrogen-bond donors (Lipinski definition) is 2. The number of piperidine rings is 1. The van der Waals surface area contributed by atoms with Crippen molar-refractivity contribution in [3.63, 3.8) is 0 Å². The maximum atomic E-state index is 12.9. The molecule has 3 rings (SSSR count). The molecule has 0 radical (unpaired) electrons. The topological polar surface area (TPSA) is 95.6 Å². The Labute approximate surface area is 175 Å². The number of hydrogen-bond acceptors (Lipinski definition) is 5. The summed E-state index contributed by atoms with van der Waals surface area (Å²) in [6.45, 7) is 4.65. The fraction of sp³-hybridized carbons (Fsp3) is 0.400. The molecule has 2 amide bonds. The number of thiophene rings is 1. The van der Waals surface area contributed by atoms with Gasteiger partial charge in [0.1, 0.15) is 0 Å².